The third-order valence-corrected chi connectivity index (χ3v) is 9.15. The van der Waals surface area contributed by atoms with E-state index in [1.165, 1.54) is 128 Å². The molecule has 0 heterocycles. The van der Waals surface area contributed by atoms with Crippen molar-refractivity contribution in [3.05, 3.63) is 36.4 Å². The van der Waals surface area contributed by atoms with E-state index in [0.29, 0.717) is 19.8 Å². The maximum absolute atomic E-state index is 6.40. The van der Waals surface area contributed by atoms with Crippen LogP contribution < -0.4 is 35.9 Å². The molecule has 0 unspecified atom stereocenters. The second-order valence-electron chi connectivity index (χ2n) is 13.7. The monoisotopic (exact) mass is 768 g/mol. The van der Waals surface area contributed by atoms with Gasteiger partial charge in [-0.25, -0.2) is 0 Å². The van der Waals surface area contributed by atoms with Crippen LogP contribution in [0.1, 0.15) is 182 Å². The van der Waals surface area contributed by atoms with Crippen LogP contribution in [0, 0.1) is 6.07 Å². The maximum Gasteiger partial charge on any atom is 2.00 e. The molecule has 0 saturated carbocycles. The van der Waals surface area contributed by atoms with Gasteiger partial charge in [0, 0.05) is 0 Å². The Labute approximate surface area is 335 Å². The summed E-state index contributed by atoms with van der Waals surface area (Å²) in [6, 6.07) is 13.9. The largest absolute Gasteiger partial charge is 2.00 e. The summed E-state index contributed by atoms with van der Waals surface area (Å²) in [5.41, 5.74) is 2.05. The van der Waals surface area contributed by atoms with E-state index < -0.39 is 0 Å². The summed E-state index contributed by atoms with van der Waals surface area (Å²) in [6.45, 7) is 11.9. The van der Waals surface area contributed by atoms with E-state index in [-0.39, 0.29) is 40.0 Å². The van der Waals surface area contributed by atoms with Gasteiger partial charge in [-0.05, 0) is 31.7 Å². The van der Waals surface area contributed by atoms with E-state index in [1.807, 2.05) is 6.07 Å². The zero-order valence-corrected chi connectivity index (χ0v) is 35.9. The van der Waals surface area contributed by atoms with Gasteiger partial charge in [-0.15, -0.1) is 17.7 Å². The van der Waals surface area contributed by atoms with Crippen LogP contribution in [0.2, 0.25) is 0 Å². The van der Waals surface area contributed by atoms with Crippen LogP contribution in [0.4, 0.5) is 0 Å². The van der Waals surface area contributed by atoms with Gasteiger partial charge < -0.3 is 35.9 Å². The number of hydrogen-bond acceptors (Lipinski definition) is 4. The molecule has 0 N–H and O–H groups in total. The van der Waals surface area contributed by atoms with Crippen molar-refractivity contribution in [2.75, 3.05) is 26.4 Å². The van der Waals surface area contributed by atoms with Crippen molar-refractivity contribution < 1.29 is 35.9 Å². The number of halogens is 1. The van der Waals surface area contributed by atoms with Crippen molar-refractivity contribution in [1.29, 1.82) is 0 Å². The Morgan fingerprint density at radius 1 is 0.400 bits per heavy atom. The molecular formula is C44H73BrMgO4. The third-order valence-electron chi connectivity index (χ3n) is 9.15. The van der Waals surface area contributed by atoms with Crippen molar-refractivity contribution in [1.82, 2.24) is 0 Å². The molecule has 2 aromatic rings. The summed E-state index contributed by atoms with van der Waals surface area (Å²) < 4.78 is 25.4. The van der Waals surface area contributed by atoms with Gasteiger partial charge in [0.1, 0.15) is 0 Å². The molecule has 2 rings (SSSR count). The van der Waals surface area contributed by atoms with Crippen LogP contribution in [0.25, 0.3) is 11.1 Å². The summed E-state index contributed by atoms with van der Waals surface area (Å²) in [4.78, 5) is 0. The smallest absolute Gasteiger partial charge is 1.00 e. The predicted molar refractivity (Wildman–Crippen MR) is 212 cm³/mol. The SMILES string of the molecule is CCCCCCCCOc1c[c-]c(-c2ccc(OCCCCCCCC)c(OCCCCCCCC)c2)cc1OCCCCCCCC.[Br-].[Mg+2]. The molecule has 0 aliphatic carbocycles. The van der Waals surface area contributed by atoms with Gasteiger partial charge >= 0.3 is 23.1 Å². The average molecular weight is 770 g/mol. The van der Waals surface area contributed by atoms with Crippen molar-refractivity contribution >= 4 is 23.1 Å². The van der Waals surface area contributed by atoms with Crippen LogP contribution >= 0.6 is 0 Å². The number of benzene rings is 2. The van der Waals surface area contributed by atoms with E-state index in [0.717, 1.165) is 66.4 Å². The number of unbranched alkanes of at least 4 members (excludes halogenated alkanes) is 20. The Balaban J connectivity index is 0.0000120. The van der Waals surface area contributed by atoms with Crippen LogP contribution in [0.15, 0.2) is 30.3 Å². The van der Waals surface area contributed by atoms with Crippen LogP contribution in [0.3, 0.4) is 0 Å². The van der Waals surface area contributed by atoms with Gasteiger partial charge in [-0.2, -0.15) is 0 Å². The first-order chi connectivity index (χ1) is 23.7. The second-order valence-corrected chi connectivity index (χ2v) is 13.7. The minimum absolute atomic E-state index is 0. The summed E-state index contributed by atoms with van der Waals surface area (Å²) in [7, 11) is 0. The minimum Gasteiger partial charge on any atom is -1.00 e. The van der Waals surface area contributed by atoms with E-state index in [4.69, 9.17) is 18.9 Å². The minimum atomic E-state index is 0. The Morgan fingerprint density at radius 3 is 1.16 bits per heavy atom. The fourth-order valence-corrected chi connectivity index (χ4v) is 6.02. The molecule has 0 fully saturated rings. The fourth-order valence-electron chi connectivity index (χ4n) is 6.02. The summed E-state index contributed by atoms with van der Waals surface area (Å²) in [5.74, 6) is 3.30. The molecule has 0 saturated heterocycles. The zero-order chi connectivity index (χ0) is 34.3. The molecule has 2 aromatic carbocycles. The topological polar surface area (TPSA) is 36.9 Å². The third kappa shape index (κ3) is 23.4. The second kappa shape index (κ2) is 34.9. The number of hydrogen-bond donors (Lipinski definition) is 0. The van der Waals surface area contributed by atoms with Gasteiger partial charge in [0.15, 0.2) is 11.5 Å². The zero-order valence-electron chi connectivity index (χ0n) is 32.9. The van der Waals surface area contributed by atoms with E-state index in [1.54, 1.807) is 0 Å². The molecule has 50 heavy (non-hydrogen) atoms. The first-order valence-electron chi connectivity index (χ1n) is 20.4. The van der Waals surface area contributed by atoms with Gasteiger partial charge in [0.25, 0.3) is 0 Å². The van der Waals surface area contributed by atoms with Crippen LogP contribution in [-0.4, -0.2) is 49.5 Å². The standard InChI is InChI=1S/C44H73O4.BrH.Mg/c1-5-9-13-17-21-25-33-45-41-31-29-39(37-43(41)47-35-27-23-19-15-11-7-3)40-30-32-42(46-34-26-22-18-14-10-6-2)44(38-40)48-36-28-24-20-16-12-8-4;;/h29,31-32,37-38H,5-28,33-36H2,1-4H3;1H;/q-1;;+2/p-1. The molecule has 0 aromatic heterocycles. The predicted octanol–water partition coefficient (Wildman–Crippen LogP) is 10.7. The van der Waals surface area contributed by atoms with Gasteiger partial charge in [-0.1, -0.05) is 180 Å². The Hall–Kier alpha value is -1.11. The average Bonchev–Trinajstić information content (AvgIpc) is 3.10. The summed E-state index contributed by atoms with van der Waals surface area (Å²) in [6.07, 6.45) is 29.9. The quantitative estimate of drug-likeness (QED) is 0.0412. The van der Waals surface area contributed by atoms with Gasteiger partial charge in [0.2, 0.25) is 0 Å². The number of rotatable bonds is 33. The van der Waals surface area contributed by atoms with E-state index in [9.17, 15) is 0 Å². The summed E-state index contributed by atoms with van der Waals surface area (Å²) in [5, 5.41) is 0. The molecule has 0 spiro atoms. The molecule has 0 bridgehead atoms. The van der Waals surface area contributed by atoms with Crippen LogP contribution in [-0.2, 0) is 0 Å². The van der Waals surface area contributed by atoms with Crippen molar-refractivity contribution in [2.24, 2.45) is 0 Å². The van der Waals surface area contributed by atoms with Gasteiger partial charge in [0.05, 0.1) is 37.9 Å². The van der Waals surface area contributed by atoms with E-state index in [2.05, 4.69) is 58.0 Å². The first-order valence-corrected chi connectivity index (χ1v) is 20.4. The Kier molecular flexibility index (Phi) is 34.2. The van der Waals surface area contributed by atoms with E-state index >= 15 is 0 Å². The molecule has 0 radical (unpaired) electrons. The normalized spacial score (nSPS) is 10.7. The first kappa shape index (κ1) is 48.9. The number of ether oxygens (including phenoxy) is 4. The van der Waals surface area contributed by atoms with Crippen molar-refractivity contribution in [2.45, 2.75) is 182 Å². The molecule has 6 heteroatoms. The molecule has 0 aliphatic rings. The van der Waals surface area contributed by atoms with Gasteiger partial charge in [-0.3, -0.25) is 0 Å². The summed E-state index contributed by atoms with van der Waals surface area (Å²) >= 11 is 0. The molecule has 0 atom stereocenters. The molecule has 0 aliphatic heterocycles. The van der Waals surface area contributed by atoms with Crippen molar-refractivity contribution in [3.8, 4) is 34.1 Å². The molecule has 4 nitrogen and oxygen atoms in total. The molecular weight excluding hydrogens is 697 g/mol. The molecule has 282 valence electrons. The Bertz CT molecular complexity index is 952. The fraction of sp³-hybridized carbons (Fsp3) is 0.727. The maximum atomic E-state index is 6.40. The molecule has 0 amide bonds. The van der Waals surface area contributed by atoms with Crippen molar-refractivity contribution in [3.63, 3.8) is 0 Å². The Morgan fingerprint density at radius 2 is 0.740 bits per heavy atom. The van der Waals surface area contributed by atoms with Crippen LogP contribution in [0.5, 0.6) is 23.0 Å².